The summed E-state index contributed by atoms with van der Waals surface area (Å²) in [5.41, 5.74) is 1.89. The minimum Gasteiger partial charge on any atom is -0.342 e. The number of amidine groups is 1. The van der Waals surface area contributed by atoms with E-state index in [2.05, 4.69) is 36.4 Å². The lowest BCUT2D eigenvalue weighted by Crippen LogP contribution is -2.27. The summed E-state index contributed by atoms with van der Waals surface area (Å²) in [6.07, 6.45) is 2.00. The first-order chi connectivity index (χ1) is 10.0. The fourth-order valence-corrected chi connectivity index (χ4v) is 3.30. The molecule has 0 aliphatic carbocycles. The largest absolute Gasteiger partial charge is 0.342 e. The molecule has 0 saturated carbocycles. The van der Waals surface area contributed by atoms with Gasteiger partial charge < -0.3 is 5.32 Å². The van der Waals surface area contributed by atoms with E-state index in [1.54, 1.807) is 6.07 Å². The van der Waals surface area contributed by atoms with E-state index in [0.29, 0.717) is 10.3 Å². The molecule has 0 bridgehead atoms. The molecule has 2 heterocycles. The van der Waals surface area contributed by atoms with Crippen LogP contribution in [0.2, 0.25) is 0 Å². The Morgan fingerprint density at radius 3 is 2.76 bits per heavy atom. The second-order valence-electron chi connectivity index (χ2n) is 4.69. The van der Waals surface area contributed by atoms with Gasteiger partial charge in [-0.05, 0) is 37.6 Å². The summed E-state index contributed by atoms with van der Waals surface area (Å²) in [5, 5.41) is 13.0. The van der Waals surface area contributed by atoms with Gasteiger partial charge in [0, 0.05) is 10.2 Å². The van der Waals surface area contributed by atoms with Crippen molar-refractivity contribution in [2.75, 3.05) is 0 Å². The molecule has 21 heavy (non-hydrogen) atoms. The van der Waals surface area contributed by atoms with Crippen LogP contribution in [0.1, 0.15) is 28.5 Å². The number of nitrogens with zero attached hydrogens (tertiary/aromatic N) is 3. The van der Waals surface area contributed by atoms with Crippen LogP contribution in [0.3, 0.4) is 0 Å². The molecular formula is C14H12BrFN4S. The molecule has 0 saturated heterocycles. The average molecular weight is 367 g/mol. The van der Waals surface area contributed by atoms with Crippen LogP contribution >= 0.6 is 27.3 Å². The van der Waals surface area contributed by atoms with Gasteiger partial charge in [0.2, 0.25) is 0 Å². The minimum absolute atomic E-state index is 0.180. The highest BCUT2D eigenvalue weighted by atomic mass is 79.9. The molecule has 108 valence electrons. The fraction of sp³-hybridized carbons (Fsp3) is 0.214. The van der Waals surface area contributed by atoms with Crippen LogP contribution in [0.4, 0.5) is 4.39 Å². The molecule has 2 aromatic rings. The molecule has 0 radical (unpaired) electrons. The molecule has 1 aliphatic heterocycles. The number of hydrogen-bond acceptors (Lipinski definition) is 5. The van der Waals surface area contributed by atoms with Crippen molar-refractivity contribution >= 4 is 33.1 Å². The molecule has 1 aliphatic rings. The summed E-state index contributed by atoms with van der Waals surface area (Å²) in [4.78, 5) is 4.66. The third kappa shape index (κ3) is 3.03. The van der Waals surface area contributed by atoms with Crippen molar-refractivity contribution in [1.29, 1.82) is 0 Å². The zero-order chi connectivity index (χ0) is 15.0. The maximum atomic E-state index is 13.2. The lowest BCUT2D eigenvalue weighted by molar-refractivity contribution is 0.625. The van der Waals surface area contributed by atoms with Crippen LogP contribution in [-0.4, -0.2) is 16.0 Å². The number of hydrogen-bond donors (Lipinski definition) is 1. The van der Waals surface area contributed by atoms with E-state index < -0.39 is 0 Å². The Hall–Kier alpha value is -1.60. The van der Waals surface area contributed by atoms with E-state index in [1.165, 1.54) is 23.5 Å². The maximum Gasteiger partial charge on any atom is 0.183 e. The Kier molecular flexibility index (Phi) is 3.86. The Labute approximate surface area is 134 Å². The zero-order valence-corrected chi connectivity index (χ0v) is 13.8. The molecule has 1 atom stereocenters. The highest BCUT2D eigenvalue weighted by molar-refractivity contribution is 9.10. The lowest BCUT2D eigenvalue weighted by Gasteiger charge is -2.20. The molecule has 0 fully saturated rings. The number of halogens is 2. The van der Waals surface area contributed by atoms with Crippen molar-refractivity contribution in [3.05, 3.63) is 55.8 Å². The van der Waals surface area contributed by atoms with E-state index in [0.717, 1.165) is 21.3 Å². The number of nitrogens with one attached hydrogen (secondary N) is 1. The average Bonchev–Trinajstić information content (AvgIpc) is 2.84. The van der Waals surface area contributed by atoms with Gasteiger partial charge in [0.05, 0.1) is 6.04 Å². The number of aromatic nitrogens is 2. The van der Waals surface area contributed by atoms with Gasteiger partial charge in [-0.2, -0.15) is 0 Å². The van der Waals surface area contributed by atoms with E-state index in [4.69, 9.17) is 0 Å². The second-order valence-corrected chi connectivity index (χ2v) is 6.73. The predicted octanol–water partition coefficient (Wildman–Crippen LogP) is 3.74. The molecular weight excluding hydrogens is 355 g/mol. The van der Waals surface area contributed by atoms with Crippen molar-refractivity contribution in [2.24, 2.45) is 4.99 Å². The van der Waals surface area contributed by atoms with Crippen molar-refractivity contribution in [3.8, 4) is 0 Å². The van der Waals surface area contributed by atoms with Gasteiger partial charge in [-0.15, -0.1) is 10.2 Å². The summed E-state index contributed by atoms with van der Waals surface area (Å²) in [6, 6.07) is 4.45. The molecule has 4 nitrogen and oxygen atoms in total. The first-order valence-corrected chi connectivity index (χ1v) is 7.92. The second kappa shape index (κ2) is 5.65. The quantitative estimate of drug-likeness (QED) is 0.880. The molecule has 1 aromatic heterocycles. The van der Waals surface area contributed by atoms with Crippen LogP contribution < -0.4 is 5.32 Å². The molecule has 1 unspecified atom stereocenters. The fourth-order valence-electron chi connectivity index (χ4n) is 2.08. The van der Waals surface area contributed by atoms with Crippen molar-refractivity contribution in [2.45, 2.75) is 19.9 Å². The highest BCUT2D eigenvalue weighted by Gasteiger charge is 2.20. The molecule has 0 spiro atoms. The van der Waals surface area contributed by atoms with E-state index >= 15 is 0 Å². The van der Waals surface area contributed by atoms with Gasteiger partial charge in [0.1, 0.15) is 10.8 Å². The smallest absolute Gasteiger partial charge is 0.183 e. The monoisotopic (exact) mass is 366 g/mol. The van der Waals surface area contributed by atoms with Crippen molar-refractivity contribution < 1.29 is 4.39 Å². The SMILES string of the molecule is CC1=CC(c2ccc(F)cc2Br)N=C(c2nnc(C)s2)N1. The Morgan fingerprint density at radius 2 is 2.10 bits per heavy atom. The number of rotatable bonds is 2. The highest BCUT2D eigenvalue weighted by Crippen LogP contribution is 2.30. The third-order valence-electron chi connectivity index (χ3n) is 3.00. The number of aryl methyl sites for hydroxylation is 1. The first kappa shape index (κ1) is 14.3. The summed E-state index contributed by atoms with van der Waals surface area (Å²) in [6.45, 7) is 3.87. The molecule has 1 aromatic carbocycles. The van der Waals surface area contributed by atoms with Crippen LogP contribution in [0, 0.1) is 12.7 Å². The van der Waals surface area contributed by atoms with Crippen LogP contribution in [0.15, 0.2) is 39.4 Å². The molecule has 7 heteroatoms. The van der Waals surface area contributed by atoms with E-state index in [9.17, 15) is 4.39 Å². The van der Waals surface area contributed by atoms with Crippen molar-refractivity contribution in [3.63, 3.8) is 0 Å². The summed E-state index contributed by atoms with van der Waals surface area (Å²) >= 11 is 4.88. The third-order valence-corrected chi connectivity index (χ3v) is 4.53. The van der Waals surface area contributed by atoms with Gasteiger partial charge in [-0.1, -0.05) is 33.3 Å². The van der Waals surface area contributed by atoms with Crippen LogP contribution in [0.5, 0.6) is 0 Å². The van der Waals surface area contributed by atoms with Gasteiger partial charge >= 0.3 is 0 Å². The minimum atomic E-state index is -0.274. The van der Waals surface area contributed by atoms with Crippen molar-refractivity contribution in [1.82, 2.24) is 15.5 Å². The van der Waals surface area contributed by atoms with E-state index in [-0.39, 0.29) is 11.9 Å². The van der Waals surface area contributed by atoms with Gasteiger partial charge in [-0.3, -0.25) is 4.99 Å². The summed E-state index contributed by atoms with van der Waals surface area (Å²) < 4.78 is 13.9. The van der Waals surface area contributed by atoms with Gasteiger partial charge in [0.15, 0.2) is 10.8 Å². The zero-order valence-electron chi connectivity index (χ0n) is 11.4. The Balaban J connectivity index is 2.01. The van der Waals surface area contributed by atoms with Gasteiger partial charge in [0.25, 0.3) is 0 Å². The maximum absolute atomic E-state index is 13.2. The van der Waals surface area contributed by atoms with Crippen LogP contribution in [0.25, 0.3) is 0 Å². The topological polar surface area (TPSA) is 50.2 Å². The standard InChI is InChI=1S/C14H12BrFN4S/c1-7-5-12(10-4-3-9(16)6-11(10)15)18-13(17-7)14-20-19-8(2)21-14/h3-6,12H,1-2H3,(H,17,18). The van der Waals surface area contributed by atoms with E-state index in [1.807, 2.05) is 19.9 Å². The number of benzene rings is 1. The summed E-state index contributed by atoms with van der Waals surface area (Å²) in [7, 11) is 0. The number of aliphatic imine (C=N–C) groups is 1. The molecule has 1 N–H and O–H groups in total. The summed E-state index contributed by atoms with van der Waals surface area (Å²) in [5.74, 6) is 0.422. The Bertz CT molecular complexity index is 753. The van der Waals surface area contributed by atoms with Crippen LogP contribution in [-0.2, 0) is 0 Å². The normalized spacial score (nSPS) is 18.0. The number of allylic oxidation sites excluding steroid dienone is 1. The van der Waals surface area contributed by atoms with Gasteiger partial charge in [-0.25, -0.2) is 4.39 Å². The molecule has 3 rings (SSSR count). The Morgan fingerprint density at radius 1 is 1.29 bits per heavy atom. The first-order valence-electron chi connectivity index (χ1n) is 6.31. The lowest BCUT2D eigenvalue weighted by atomic mass is 10.1. The molecule has 0 amide bonds. The predicted molar refractivity (Wildman–Crippen MR) is 84.9 cm³/mol.